The van der Waals surface area contributed by atoms with Gasteiger partial charge in [0.05, 0.1) is 11.7 Å². The van der Waals surface area contributed by atoms with Crippen LogP contribution in [-0.2, 0) is 13.6 Å². The summed E-state index contributed by atoms with van der Waals surface area (Å²) in [5.41, 5.74) is 4.32. The molecule has 0 aliphatic heterocycles. The highest BCUT2D eigenvalue weighted by Crippen LogP contribution is 2.17. The van der Waals surface area contributed by atoms with E-state index in [1.54, 1.807) is 11.3 Å². The van der Waals surface area contributed by atoms with Gasteiger partial charge in [-0.1, -0.05) is 0 Å². The van der Waals surface area contributed by atoms with Gasteiger partial charge in [-0.2, -0.15) is 5.10 Å². The van der Waals surface area contributed by atoms with E-state index in [0.29, 0.717) is 6.04 Å². The first-order valence-corrected chi connectivity index (χ1v) is 6.15. The Bertz CT molecular complexity index is 447. The molecule has 86 valence electrons. The van der Waals surface area contributed by atoms with E-state index in [2.05, 4.69) is 29.2 Å². The summed E-state index contributed by atoms with van der Waals surface area (Å²) in [6, 6.07) is 0.340. The average Bonchev–Trinajstić information content (AvgIpc) is 2.89. The third kappa shape index (κ3) is 2.31. The summed E-state index contributed by atoms with van der Waals surface area (Å²) < 4.78 is 1.90. The van der Waals surface area contributed by atoms with Crippen LogP contribution in [0.1, 0.15) is 29.1 Å². The molecule has 16 heavy (non-hydrogen) atoms. The minimum Gasteiger partial charge on any atom is -0.305 e. The number of thiazole rings is 1. The van der Waals surface area contributed by atoms with Crippen LogP contribution in [0, 0.1) is 6.92 Å². The summed E-state index contributed by atoms with van der Waals surface area (Å²) in [7, 11) is 1.96. The number of nitrogens with zero attached hydrogens (tertiary/aromatic N) is 3. The molecule has 1 N–H and O–H groups in total. The standard InChI is InChI=1S/C11H16N4S/c1-8(11-6-12-7-16-11)13-4-10-5-14-15(3)9(10)2/h5-8,13H,4H2,1-3H3. The lowest BCUT2D eigenvalue weighted by Gasteiger charge is -2.11. The van der Waals surface area contributed by atoms with Crippen molar-refractivity contribution in [3.63, 3.8) is 0 Å². The first kappa shape index (κ1) is 11.3. The second kappa shape index (κ2) is 4.76. The Kier molecular flexibility index (Phi) is 3.36. The minimum absolute atomic E-state index is 0.340. The molecule has 2 heterocycles. The lowest BCUT2D eigenvalue weighted by molar-refractivity contribution is 0.579. The Morgan fingerprint density at radius 1 is 1.50 bits per heavy atom. The van der Waals surface area contributed by atoms with Crippen LogP contribution in [0.15, 0.2) is 17.9 Å². The van der Waals surface area contributed by atoms with E-state index in [4.69, 9.17) is 0 Å². The quantitative estimate of drug-likeness (QED) is 0.883. The van der Waals surface area contributed by atoms with Crippen molar-refractivity contribution in [2.24, 2.45) is 7.05 Å². The van der Waals surface area contributed by atoms with Crippen molar-refractivity contribution in [2.75, 3.05) is 0 Å². The van der Waals surface area contributed by atoms with Crippen molar-refractivity contribution in [1.82, 2.24) is 20.1 Å². The number of aryl methyl sites for hydroxylation is 1. The number of aromatic nitrogens is 3. The van der Waals surface area contributed by atoms with Gasteiger partial charge in [-0.05, 0) is 13.8 Å². The van der Waals surface area contributed by atoms with Gasteiger partial charge in [0, 0.05) is 42.0 Å². The largest absolute Gasteiger partial charge is 0.305 e. The van der Waals surface area contributed by atoms with E-state index in [0.717, 1.165) is 6.54 Å². The van der Waals surface area contributed by atoms with E-state index >= 15 is 0 Å². The first-order valence-electron chi connectivity index (χ1n) is 5.27. The van der Waals surface area contributed by atoms with Crippen LogP contribution >= 0.6 is 11.3 Å². The topological polar surface area (TPSA) is 42.7 Å². The van der Waals surface area contributed by atoms with E-state index < -0.39 is 0 Å². The van der Waals surface area contributed by atoms with Crippen LogP contribution in [0.5, 0.6) is 0 Å². The Balaban J connectivity index is 1.95. The van der Waals surface area contributed by atoms with Crippen molar-refractivity contribution in [1.29, 1.82) is 0 Å². The molecule has 2 rings (SSSR count). The molecule has 4 nitrogen and oxygen atoms in total. The summed E-state index contributed by atoms with van der Waals surface area (Å²) >= 11 is 1.68. The molecule has 1 unspecified atom stereocenters. The Morgan fingerprint density at radius 3 is 2.88 bits per heavy atom. The minimum atomic E-state index is 0.340. The highest BCUT2D eigenvalue weighted by molar-refractivity contribution is 7.09. The maximum absolute atomic E-state index is 4.22. The predicted octanol–water partition coefficient (Wildman–Crippen LogP) is 2.04. The molecule has 0 aliphatic carbocycles. The van der Waals surface area contributed by atoms with Gasteiger partial charge in [0.1, 0.15) is 0 Å². The van der Waals surface area contributed by atoms with Crippen molar-refractivity contribution in [2.45, 2.75) is 26.4 Å². The predicted molar refractivity (Wildman–Crippen MR) is 65.3 cm³/mol. The first-order chi connectivity index (χ1) is 7.68. The van der Waals surface area contributed by atoms with Gasteiger partial charge in [-0.25, -0.2) is 0 Å². The molecule has 0 fully saturated rings. The average molecular weight is 236 g/mol. The number of hydrogen-bond acceptors (Lipinski definition) is 4. The SMILES string of the molecule is Cc1c(CNC(C)c2cncs2)cnn1C. The molecule has 0 radical (unpaired) electrons. The summed E-state index contributed by atoms with van der Waals surface area (Å²) in [6.07, 6.45) is 3.83. The van der Waals surface area contributed by atoms with Gasteiger partial charge in [0.2, 0.25) is 0 Å². The molecule has 0 spiro atoms. The maximum Gasteiger partial charge on any atom is 0.0794 e. The Hall–Kier alpha value is -1.20. The van der Waals surface area contributed by atoms with Crippen molar-refractivity contribution in [3.05, 3.63) is 34.0 Å². The Labute approximate surface area is 99.3 Å². The van der Waals surface area contributed by atoms with Gasteiger partial charge in [-0.15, -0.1) is 11.3 Å². The van der Waals surface area contributed by atoms with Gasteiger partial charge in [0.15, 0.2) is 0 Å². The number of nitrogens with one attached hydrogen (secondary N) is 1. The molecule has 0 saturated carbocycles. The summed E-state index contributed by atoms with van der Waals surface area (Å²) in [6.45, 7) is 5.08. The van der Waals surface area contributed by atoms with Crippen molar-refractivity contribution < 1.29 is 0 Å². The smallest absolute Gasteiger partial charge is 0.0794 e. The van der Waals surface area contributed by atoms with Crippen LogP contribution in [0.3, 0.4) is 0 Å². The summed E-state index contributed by atoms with van der Waals surface area (Å²) in [5, 5.41) is 7.70. The monoisotopic (exact) mass is 236 g/mol. The molecule has 0 amide bonds. The van der Waals surface area contributed by atoms with Gasteiger partial charge in [-0.3, -0.25) is 9.67 Å². The molecule has 0 bridgehead atoms. The lowest BCUT2D eigenvalue weighted by Crippen LogP contribution is -2.17. The van der Waals surface area contributed by atoms with Crippen LogP contribution in [0.4, 0.5) is 0 Å². The fourth-order valence-electron chi connectivity index (χ4n) is 1.52. The zero-order chi connectivity index (χ0) is 11.5. The van der Waals surface area contributed by atoms with Crippen LogP contribution < -0.4 is 5.32 Å². The second-order valence-corrected chi connectivity index (χ2v) is 4.80. The normalized spacial score (nSPS) is 12.9. The van der Waals surface area contributed by atoms with Crippen LogP contribution in [-0.4, -0.2) is 14.8 Å². The molecule has 0 aromatic carbocycles. The van der Waals surface area contributed by atoms with Crippen LogP contribution in [0.25, 0.3) is 0 Å². The van der Waals surface area contributed by atoms with Crippen molar-refractivity contribution in [3.8, 4) is 0 Å². The highest BCUT2D eigenvalue weighted by Gasteiger charge is 2.08. The number of rotatable bonds is 4. The highest BCUT2D eigenvalue weighted by atomic mass is 32.1. The maximum atomic E-state index is 4.22. The summed E-state index contributed by atoms with van der Waals surface area (Å²) in [4.78, 5) is 5.35. The summed E-state index contributed by atoms with van der Waals surface area (Å²) in [5.74, 6) is 0. The fourth-order valence-corrected chi connectivity index (χ4v) is 2.17. The molecule has 5 heteroatoms. The number of hydrogen-bond donors (Lipinski definition) is 1. The molecule has 2 aromatic heterocycles. The second-order valence-electron chi connectivity index (χ2n) is 3.89. The van der Waals surface area contributed by atoms with Gasteiger partial charge < -0.3 is 5.32 Å². The van der Waals surface area contributed by atoms with E-state index in [1.807, 2.05) is 29.6 Å². The lowest BCUT2D eigenvalue weighted by atomic mass is 10.2. The molecule has 2 aromatic rings. The Morgan fingerprint density at radius 2 is 2.31 bits per heavy atom. The van der Waals surface area contributed by atoms with E-state index in [1.165, 1.54) is 16.1 Å². The molecular formula is C11H16N4S. The fraction of sp³-hybridized carbons (Fsp3) is 0.455. The zero-order valence-corrected chi connectivity index (χ0v) is 10.6. The zero-order valence-electron chi connectivity index (χ0n) is 9.77. The molecule has 1 atom stereocenters. The van der Waals surface area contributed by atoms with E-state index in [-0.39, 0.29) is 0 Å². The molecule has 0 saturated heterocycles. The van der Waals surface area contributed by atoms with Gasteiger partial charge >= 0.3 is 0 Å². The van der Waals surface area contributed by atoms with E-state index in [9.17, 15) is 0 Å². The third-order valence-corrected chi connectivity index (χ3v) is 3.77. The molecular weight excluding hydrogens is 220 g/mol. The van der Waals surface area contributed by atoms with Gasteiger partial charge in [0.25, 0.3) is 0 Å². The third-order valence-electron chi connectivity index (χ3n) is 2.81. The van der Waals surface area contributed by atoms with Crippen LogP contribution in [0.2, 0.25) is 0 Å². The van der Waals surface area contributed by atoms with Crippen molar-refractivity contribution >= 4 is 11.3 Å². The molecule has 0 aliphatic rings.